The molecule has 7 nitrogen and oxygen atoms in total. The molecule has 0 atom stereocenters. The van der Waals surface area contributed by atoms with Gasteiger partial charge in [0.05, 0.1) is 22.5 Å². The van der Waals surface area contributed by atoms with E-state index in [-0.39, 0.29) is 12.2 Å². The third kappa shape index (κ3) is 5.83. The summed E-state index contributed by atoms with van der Waals surface area (Å²) >= 11 is 6.00. The Labute approximate surface area is 178 Å². The molecule has 30 heavy (non-hydrogen) atoms. The minimum atomic E-state index is -0.977. The zero-order chi connectivity index (χ0) is 21.3. The van der Waals surface area contributed by atoms with E-state index in [0.717, 1.165) is 5.56 Å². The Balaban J connectivity index is 1.58. The summed E-state index contributed by atoms with van der Waals surface area (Å²) in [5.41, 5.74) is 4.55. The Hall–Kier alpha value is -3.84. The van der Waals surface area contributed by atoms with E-state index < -0.39 is 12.0 Å². The summed E-state index contributed by atoms with van der Waals surface area (Å²) in [4.78, 5) is 22.9. The molecule has 0 heterocycles. The van der Waals surface area contributed by atoms with Crippen molar-refractivity contribution in [1.29, 1.82) is 0 Å². The lowest BCUT2D eigenvalue weighted by Crippen LogP contribution is -2.24. The van der Waals surface area contributed by atoms with Crippen molar-refractivity contribution in [1.82, 2.24) is 5.43 Å². The maximum Gasteiger partial charge on any atom is 0.339 e. The highest BCUT2D eigenvalue weighted by atomic mass is 35.5. The summed E-state index contributed by atoms with van der Waals surface area (Å²) in [6.45, 7) is 0.255. The summed E-state index contributed by atoms with van der Waals surface area (Å²) in [6.07, 6.45) is 1.47. The van der Waals surface area contributed by atoms with Crippen LogP contribution in [0.2, 0.25) is 5.02 Å². The molecule has 0 bridgehead atoms. The number of aromatic carboxylic acids is 1. The molecule has 0 radical (unpaired) electrons. The zero-order valence-electron chi connectivity index (χ0n) is 15.7. The number of nitrogens with one attached hydrogen (secondary N) is 2. The number of carboxylic acid groups (broad SMARTS) is 1. The van der Waals surface area contributed by atoms with Crippen LogP contribution < -0.4 is 15.5 Å². The van der Waals surface area contributed by atoms with Crippen LogP contribution in [0.5, 0.6) is 5.75 Å². The normalized spacial score (nSPS) is 10.6. The second-order valence-corrected chi connectivity index (χ2v) is 6.54. The summed E-state index contributed by atoms with van der Waals surface area (Å²) < 4.78 is 5.81. The first-order chi connectivity index (χ1) is 14.5. The molecule has 0 fully saturated rings. The highest BCUT2D eigenvalue weighted by Gasteiger charge is 2.06. The Bertz CT molecular complexity index is 1070. The van der Waals surface area contributed by atoms with E-state index >= 15 is 0 Å². The summed E-state index contributed by atoms with van der Waals surface area (Å²) in [5.74, 6) is -0.410. The maximum absolute atomic E-state index is 12.0. The topological polar surface area (TPSA) is 100 Å². The van der Waals surface area contributed by atoms with Gasteiger partial charge in [-0.2, -0.15) is 5.10 Å². The molecule has 0 spiro atoms. The fourth-order valence-electron chi connectivity index (χ4n) is 2.50. The Kier molecular flexibility index (Phi) is 7.02. The molecule has 152 valence electrons. The summed E-state index contributed by atoms with van der Waals surface area (Å²) in [6, 6.07) is 20.0. The van der Waals surface area contributed by atoms with Crippen LogP contribution in [0, 0.1) is 0 Å². The fourth-order valence-corrected chi connectivity index (χ4v) is 2.68. The van der Waals surface area contributed by atoms with E-state index in [4.69, 9.17) is 21.4 Å². The number of hydrogen-bond acceptors (Lipinski definition) is 4. The van der Waals surface area contributed by atoms with E-state index in [2.05, 4.69) is 15.8 Å². The minimum Gasteiger partial charge on any atom is -0.488 e. The second kappa shape index (κ2) is 10.1. The monoisotopic (exact) mass is 423 g/mol. The SMILES string of the molecule is O=C(NN=Cc1ccccc1OCc1ccc(C(=O)O)cc1)Nc1ccccc1Cl. The van der Waals surface area contributed by atoms with Crippen LogP contribution in [0.15, 0.2) is 77.9 Å². The van der Waals surface area contributed by atoms with Crippen LogP contribution in [-0.4, -0.2) is 23.3 Å². The number of anilines is 1. The number of ether oxygens (including phenoxy) is 1. The second-order valence-electron chi connectivity index (χ2n) is 6.13. The van der Waals surface area contributed by atoms with Gasteiger partial charge in [0.1, 0.15) is 12.4 Å². The van der Waals surface area contributed by atoms with Crippen molar-refractivity contribution in [2.24, 2.45) is 5.10 Å². The molecule has 0 aromatic heterocycles. The predicted molar refractivity (Wildman–Crippen MR) is 115 cm³/mol. The van der Waals surface area contributed by atoms with Crippen molar-refractivity contribution in [3.05, 3.63) is 94.5 Å². The van der Waals surface area contributed by atoms with E-state index in [1.54, 1.807) is 48.5 Å². The highest BCUT2D eigenvalue weighted by molar-refractivity contribution is 6.33. The van der Waals surface area contributed by atoms with E-state index in [1.165, 1.54) is 18.3 Å². The average Bonchev–Trinajstić information content (AvgIpc) is 2.75. The van der Waals surface area contributed by atoms with E-state index in [1.807, 2.05) is 12.1 Å². The quantitative estimate of drug-likeness (QED) is 0.376. The van der Waals surface area contributed by atoms with Crippen LogP contribution in [0.3, 0.4) is 0 Å². The van der Waals surface area contributed by atoms with Crippen molar-refractivity contribution in [2.45, 2.75) is 6.61 Å². The van der Waals surface area contributed by atoms with Crippen molar-refractivity contribution < 1.29 is 19.4 Å². The molecule has 0 aliphatic carbocycles. The number of benzene rings is 3. The van der Waals surface area contributed by atoms with Gasteiger partial charge in [0.2, 0.25) is 0 Å². The molecular formula is C22H18ClN3O4. The van der Waals surface area contributed by atoms with Crippen molar-refractivity contribution in [3.8, 4) is 5.75 Å². The van der Waals surface area contributed by atoms with Crippen molar-refractivity contribution in [2.75, 3.05) is 5.32 Å². The van der Waals surface area contributed by atoms with Crippen LogP contribution in [0.4, 0.5) is 10.5 Å². The molecule has 3 aromatic carbocycles. The van der Waals surface area contributed by atoms with Crippen molar-refractivity contribution in [3.63, 3.8) is 0 Å². The van der Waals surface area contributed by atoms with Gasteiger partial charge in [-0.05, 0) is 42.0 Å². The number of urea groups is 1. The summed E-state index contributed by atoms with van der Waals surface area (Å²) in [5, 5.41) is 15.9. The third-order valence-corrected chi connectivity index (χ3v) is 4.34. The fraction of sp³-hybridized carbons (Fsp3) is 0.0455. The number of carbonyl (C=O) groups excluding carboxylic acids is 1. The number of hydrazone groups is 1. The average molecular weight is 424 g/mol. The minimum absolute atomic E-state index is 0.215. The molecule has 8 heteroatoms. The number of carbonyl (C=O) groups is 2. The lowest BCUT2D eigenvalue weighted by Gasteiger charge is -2.09. The Morgan fingerprint density at radius 1 is 1.00 bits per heavy atom. The van der Waals surface area contributed by atoms with Gasteiger partial charge in [-0.1, -0.05) is 48.0 Å². The lowest BCUT2D eigenvalue weighted by molar-refractivity contribution is 0.0697. The zero-order valence-corrected chi connectivity index (χ0v) is 16.5. The van der Waals surface area contributed by atoms with Gasteiger partial charge >= 0.3 is 12.0 Å². The lowest BCUT2D eigenvalue weighted by atomic mass is 10.1. The van der Waals surface area contributed by atoms with Gasteiger partial charge in [-0.3, -0.25) is 0 Å². The molecule has 2 amide bonds. The Morgan fingerprint density at radius 3 is 2.43 bits per heavy atom. The van der Waals surface area contributed by atoms with Gasteiger partial charge in [0.15, 0.2) is 0 Å². The maximum atomic E-state index is 12.0. The molecule has 0 aliphatic rings. The van der Waals surface area contributed by atoms with Gasteiger partial charge < -0.3 is 15.2 Å². The largest absolute Gasteiger partial charge is 0.488 e. The van der Waals surface area contributed by atoms with Crippen LogP contribution in [-0.2, 0) is 6.61 Å². The molecule has 0 aliphatic heterocycles. The molecule has 0 saturated heterocycles. The smallest absolute Gasteiger partial charge is 0.339 e. The molecule has 3 rings (SSSR count). The highest BCUT2D eigenvalue weighted by Crippen LogP contribution is 2.20. The number of para-hydroxylation sites is 2. The first-order valence-electron chi connectivity index (χ1n) is 8.91. The number of halogens is 1. The van der Waals surface area contributed by atoms with Crippen LogP contribution in [0.25, 0.3) is 0 Å². The first-order valence-corrected chi connectivity index (χ1v) is 9.29. The molecule has 0 unspecified atom stereocenters. The number of amides is 2. The van der Waals surface area contributed by atoms with Gasteiger partial charge in [-0.15, -0.1) is 0 Å². The Morgan fingerprint density at radius 2 is 1.70 bits per heavy atom. The molecular weight excluding hydrogens is 406 g/mol. The molecule has 3 N–H and O–H groups in total. The number of carboxylic acids is 1. The number of hydrogen-bond donors (Lipinski definition) is 3. The van der Waals surface area contributed by atoms with E-state index in [9.17, 15) is 9.59 Å². The van der Waals surface area contributed by atoms with Gasteiger partial charge in [0, 0.05) is 5.56 Å². The van der Waals surface area contributed by atoms with Crippen LogP contribution in [0.1, 0.15) is 21.5 Å². The molecule has 0 saturated carbocycles. The standard InChI is InChI=1S/C22H18ClN3O4/c23-18-6-2-3-7-19(18)25-22(29)26-24-13-17-5-1-4-8-20(17)30-14-15-9-11-16(12-10-15)21(27)28/h1-13H,14H2,(H,27,28)(H2,25,26,29). The number of rotatable bonds is 7. The van der Waals surface area contributed by atoms with Gasteiger partial charge in [0.25, 0.3) is 0 Å². The predicted octanol–water partition coefficient (Wildman–Crippen LogP) is 4.77. The van der Waals surface area contributed by atoms with E-state index in [0.29, 0.717) is 22.0 Å². The third-order valence-electron chi connectivity index (χ3n) is 4.01. The summed E-state index contributed by atoms with van der Waals surface area (Å²) in [7, 11) is 0. The molecule has 3 aromatic rings. The first kappa shape index (κ1) is 20.9. The number of nitrogens with zero attached hydrogens (tertiary/aromatic N) is 1. The van der Waals surface area contributed by atoms with Crippen molar-refractivity contribution >= 4 is 35.5 Å². The van der Waals surface area contributed by atoms with Gasteiger partial charge in [-0.25, -0.2) is 15.0 Å². The van der Waals surface area contributed by atoms with Crippen LogP contribution >= 0.6 is 11.6 Å².